The molecule has 1 aromatic heterocycles. The zero-order valence-electron chi connectivity index (χ0n) is 11.1. The van der Waals surface area contributed by atoms with Crippen molar-refractivity contribution >= 4 is 17.3 Å². The third-order valence-corrected chi connectivity index (χ3v) is 3.41. The minimum atomic E-state index is -0.411. The predicted molar refractivity (Wildman–Crippen MR) is 82.3 cm³/mol. The van der Waals surface area contributed by atoms with Gasteiger partial charge >= 0.3 is 0 Å². The largest absolute Gasteiger partial charge is 0.381 e. The first-order valence-corrected chi connectivity index (χ1v) is 6.88. The van der Waals surface area contributed by atoms with E-state index in [9.17, 15) is 4.39 Å². The van der Waals surface area contributed by atoms with E-state index in [1.807, 2.05) is 36.5 Å². The second kappa shape index (κ2) is 5.97. The minimum Gasteiger partial charge on any atom is -0.381 e. The average Bonchev–Trinajstić information content (AvgIpc) is 3.03. The molecule has 0 unspecified atom stereocenters. The van der Waals surface area contributed by atoms with E-state index in [-0.39, 0.29) is 5.02 Å². The Morgan fingerprint density at radius 3 is 2.62 bits per heavy atom. The maximum absolute atomic E-state index is 13.1. The first-order valence-electron chi connectivity index (χ1n) is 6.50. The van der Waals surface area contributed by atoms with Crippen molar-refractivity contribution in [2.24, 2.45) is 0 Å². The molecular weight excluding hydrogens is 289 g/mol. The lowest BCUT2D eigenvalue weighted by atomic mass is 10.2. The van der Waals surface area contributed by atoms with Gasteiger partial charge in [-0.2, -0.15) is 5.10 Å². The zero-order valence-corrected chi connectivity index (χ0v) is 11.9. The number of nitrogens with zero attached hydrogens (tertiary/aromatic N) is 2. The molecule has 106 valence electrons. The number of hydrogen-bond acceptors (Lipinski definition) is 2. The first-order chi connectivity index (χ1) is 10.2. The minimum absolute atomic E-state index is 0.119. The van der Waals surface area contributed by atoms with E-state index in [0.717, 1.165) is 16.9 Å². The molecule has 21 heavy (non-hydrogen) atoms. The average molecular weight is 302 g/mol. The molecule has 5 heteroatoms. The fraction of sp³-hybridized carbons (Fsp3) is 0.0625. The van der Waals surface area contributed by atoms with E-state index in [4.69, 9.17) is 11.6 Å². The van der Waals surface area contributed by atoms with Crippen molar-refractivity contribution in [2.45, 2.75) is 6.54 Å². The van der Waals surface area contributed by atoms with Crippen LogP contribution in [0.15, 0.2) is 60.9 Å². The second-order valence-corrected chi connectivity index (χ2v) is 5.01. The topological polar surface area (TPSA) is 29.9 Å². The van der Waals surface area contributed by atoms with Crippen LogP contribution in [0.25, 0.3) is 5.69 Å². The number of benzene rings is 2. The fourth-order valence-electron chi connectivity index (χ4n) is 2.00. The quantitative estimate of drug-likeness (QED) is 0.779. The summed E-state index contributed by atoms with van der Waals surface area (Å²) in [7, 11) is 0. The molecule has 0 radical (unpaired) electrons. The Morgan fingerprint density at radius 2 is 1.95 bits per heavy atom. The normalized spacial score (nSPS) is 10.6. The van der Waals surface area contributed by atoms with Crippen LogP contribution in [0, 0.1) is 5.82 Å². The number of hydrogen-bond donors (Lipinski definition) is 1. The van der Waals surface area contributed by atoms with E-state index >= 15 is 0 Å². The van der Waals surface area contributed by atoms with Crippen LogP contribution in [0.3, 0.4) is 0 Å². The van der Waals surface area contributed by atoms with Crippen molar-refractivity contribution in [1.82, 2.24) is 9.78 Å². The summed E-state index contributed by atoms with van der Waals surface area (Å²) in [5, 5.41) is 7.51. The maximum atomic E-state index is 13.1. The molecule has 0 saturated heterocycles. The van der Waals surface area contributed by atoms with Crippen molar-refractivity contribution in [3.63, 3.8) is 0 Å². The van der Waals surface area contributed by atoms with E-state index in [2.05, 4.69) is 10.4 Å². The molecule has 0 aliphatic heterocycles. The number of rotatable bonds is 4. The van der Waals surface area contributed by atoms with Crippen molar-refractivity contribution in [1.29, 1.82) is 0 Å². The predicted octanol–water partition coefficient (Wildman–Crippen LogP) is 4.28. The summed E-state index contributed by atoms with van der Waals surface area (Å²) in [6.45, 7) is 0.640. The Morgan fingerprint density at radius 1 is 1.14 bits per heavy atom. The number of anilines is 1. The zero-order chi connectivity index (χ0) is 14.7. The maximum Gasteiger partial charge on any atom is 0.141 e. The van der Waals surface area contributed by atoms with Gasteiger partial charge < -0.3 is 5.32 Å². The van der Waals surface area contributed by atoms with E-state index < -0.39 is 5.82 Å². The summed E-state index contributed by atoms with van der Waals surface area (Å²) in [6.07, 6.45) is 3.64. The van der Waals surface area contributed by atoms with E-state index in [0.29, 0.717) is 6.54 Å². The van der Waals surface area contributed by atoms with Gasteiger partial charge in [-0.25, -0.2) is 9.07 Å². The van der Waals surface area contributed by atoms with Gasteiger partial charge in [0, 0.05) is 24.6 Å². The molecule has 2 aromatic carbocycles. The molecule has 0 spiro atoms. The lowest BCUT2D eigenvalue weighted by molar-refractivity contribution is 0.628. The van der Waals surface area contributed by atoms with Gasteiger partial charge in [0.1, 0.15) is 5.82 Å². The Balaban J connectivity index is 1.66. The standard InChI is InChI=1S/C16H13ClFN3/c17-15-10-13(4-7-16(15)18)19-11-12-2-5-14(6-3-12)21-9-1-8-20-21/h1-10,19H,11H2. The summed E-state index contributed by atoms with van der Waals surface area (Å²) in [5.41, 5.74) is 2.91. The number of halogens is 2. The molecule has 0 fully saturated rings. The van der Waals surface area contributed by atoms with Crippen LogP contribution in [0.4, 0.5) is 10.1 Å². The Kier molecular flexibility index (Phi) is 3.88. The smallest absolute Gasteiger partial charge is 0.141 e. The van der Waals surface area contributed by atoms with Crippen molar-refractivity contribution < 1.29 is 4.39 Å². The van der Waals surface area contributed by atoms with Gasteiger partial charge in [0.15, 0.2) is 0 Å². The van der Waals surface area contributed by atoms with E-state index in [1.54, 1.807) is 23.0 Å². The number of nitrogens with one attached hydrogen (secondary N) is 1. The molecule has 3 aromatic rings. The van der Waals surface area contributed by atoms with E-state index in [1.165, 1.54) is 6.07 Å². The number of aromatic nitrogens is 2. The summed E-state index contributed by atoms with van der Waals surface area (Å²) < 4.78 is 14.9. The van der Waals surface area contributed by atoms with Crippen molar-refractivity contribution in [2.75, 3.05) is 5.32 Å². The Bertz CT molecular complexity index is 724. The third kappa shape index (κ3) is 3.23. The van der Waals surface area contributed by atoms with Crippen molar-refractivity contribution in [3.8, 4) is 5.69 Å². The molecule has 3 rings (SSSR count). The Labute approximate surface area is 127 Å². The monoisotopic (exact) mass is 301 g/mol. The van der Waals surface area contributed by atoms with Gasteiger partial charge in [-0.05, 0) is 42.0 Å². The van der Waals surface area contributed by atoms with Gasteiger partial charge in [0.2, 0.25) is 0 Å². The molecule has 3 nitrogen and oxygen atoms in total. The van der Waals surface area contributed by atoms with Gasteiger partial charge in [0.25, 0.3) is 0 Å². The van der Waals surface area contributed by atoms with Crippen LogP contribution in [0.1, 0.15) is 5.56 Å². The molecular formula is C16H13ClFN3. The highest BCUT2D eigenvalue weighted by atomic mass is 35.5. The summed E-state index contributed by atoms with van der Waals surface area (Å²) >= 11 is 5.75. The van der Waals surface area contributed by atoms with Gasteiger partial charge in [0.05, 0.1) is 10.7 Å². The fourth-order valence-corrected chi connectivity index (χ4v) is 2.18. The highest BCUT2D eigenvalue weighted by molar-refractivity contribution is 6.31. The first kappa shape index (κ1) is 13.6. The summed E-state index contributed by atoms with van der Waals surface area (Å²) in [4.78, 5) is 0. The molecule has 0 saturated carbocycles. The Hall–Kier alpha value is -2.33. The molecule has 0 amide bonds. The highest BCUT2D eigenvalue weighted by Gasteiger charge is 2.01. The lowest BCUT2D eigenvalue weighted by Gasteiger charge is -2.08. The second-order valence-electron chi connectivity index (χ2n) is 4.60. The van der Waals surface area contributed by atoms with Crippen LogP contribution in [-0.2, 0) is 6.54 Å². The summed E-state index contributed by atoms with van der Waals surface area (Å²) in [5.74, 6) is -0.411. The van der Waals surface area contributed by atoms with Crippen LogP contribution in [0.2, 0.25) is 5.02 Å². The van der Waals surface area contributed by atoms with Crippen LogP contribution in [0.5, 0.6) is 0 Å². The van der Waals surface area contributed by atoms with Gasteiger partial charge in [-0.15, -0.1) is 0 Å². The van der Waals surface area contributed by atoms with Gasteiger partial charge in [-0.3, -0.25) is 0 Å². The summed E-state index contributed by atoms with van der Waals surface area (Å²) in [6, 6.07) is 14.5. The SMILES string of the molecule is Fc1ccc(NCc2ccc(-n3cccn3)cc2)cc1Cl. The molecule has 0 aliphatic rings. The molecule has 0 bridgehead atoms. The molecule has 1 N–H and O–H groups in total. The highest BCUT2D eigenvalue weighted by Crippen LogP contribution is 2.20. The molecule has 0 atom stereocenters. The molecule has 0 aliphatic carbocycles. The van der Waals surface area contributed by atoms with Gasteiger partial charge in [-0.1, -0.05) is 23.7 Å². The molecule has 1 heterocycles. The third-order valence-electron chi connectivity index (χ3n) is 3.12. The lowest BCUT2D eigenvalue weighted by Crippen LogP contribution is -2.00. The van der Waals surface area contributed by atoms with Crippen LogP contribution >= 0.6 is 11.6 Å². The van der Waals surface area contributed by atoms with Crippen LogP contribution < -0.4 is 5.32 Å². The van der Waals surface area contributed by atoms with Crippen molar-refractivity contribution in [3.05, 3.63) is 77.3 Å². The van der Waals surface area contributed by atoms with Crippen LogP contribution in [-0.4, -0.2) is 9.78 Å².